The Balaban J connectivity index is 1.97. The predicted molar refractivity (Wildman–Crippen MR) is 119 cm³/mol. The van der Waals surface area contributed by atoms with Crippen molar-refractivity contribution in [3.63, 3.8) is 0 Å². The molecule has 0 heterocycles. The average Bonchev–Trinajstić information content (AvgIpc) is 2.73. The van der Waals surface area contributed by atoms with Crippen LogP contribution in [-0.4, -0.2) is 34.9 Å². The van der Waals surface area contributed by atoms with Crippen molar-refractivity contribution in [2.24, 2.45) is 5.92 Å². The highest BCUT2D eigenvalue weighted by Gasteiger charge is 2.29. The first-order chi connectivity index (χ1) is 15.1. The van der Waals surface area contributed by atoms with Gasteiger partial charge in [0.15, 0.2) is 6.10 Å². The molecular formula is C22H24ClN3O6. The molecule has 0 aliphatic carbocycles. The SMILES string of the molecule is CC(OC(=O)[C@@H](NC(=O)Cc1ccccc1)C(C)C)C(=O)Nc1ccc([N+](=O)[O-])cc1Cl. The van der Waals surface area contributed by atoms with Crippen LogP contribution >= 0.6 is 11.6 Å². The maximum absolute atomic E-state index is 12.6. The molecule has 10 heteroatoms. The molecule has 9 nitrogen and oxygen atoms in total. The number of halogens is 1. The summed E-state index contributed by atoms with van der Waals surface area (Å²) in [5.41, 5.74) is 0.717. The third-order valence-electron chi connectivity index (χ3n) is 4.53. The number of nitrogens with one attached hydrogen (secondary N) is 2. The first kappa shape index (κ1) is 24.8. The monoisotopic (exact) mass is 461 g/mol. The number of nitrogens with zero attached hydrogens (tertiary/aromatic N) is 1. The fraction of sp³-hybridized carbons (Fsp3) is 0.318. The molecule has 2 aromatic carbocycles. The Morgan fingerprint density at radius 2 is 1.75 bits per heavy atom. The lowest BCUT2D eigenvalue weighted by atomic mass is 10.0. The van der Waals surface area contributed by atoms with E-state index in [0.717, 1.165) is 11.6 Å². The molecule has 2 aromatic rings. The van der Waals surface area contributed by atoms with Crippen LogP contribution in [0.3, 0.4) is 0 Å². The van der Waals surface area contributed by atoms with E-state index in [4.69, 9.17) is 16.3 Å². The number of carbonyl (C=O) groups is 3. The van der Waals surface area contributed by atoms with Crippen LogP contribution < -0.4 is 10.6 Å². The number of non-ortho nitro benzene ring substituents is 1. The van der Waals surface area contributed by atoms with Crippen LogP contribution in [0.25, 0.3) is 0 Å². The van der Waals surface area contributed by atoms with Crippen molar-refractivity contribution in [1.29, 1.82) is 0 Å². The second-order valence-corrected chi connectivity index (χ2v) is 7.85. The van der Waals surface area contributed by atoms with Crippen molar-refractivity contribution >= 4 is 40.8 Å². The van der Waals surface area contributed by atoms with Crippen LogP contribution in [0.4, 0.5) is 11.4 Å². The third kappa shape index (κ3) is 7.05. The molecule has 0 saturated heterocycles. The zero-order valence-electron chi connectivity index (χ0n) is 17.8. The molecule has 0 bridgehead atoms. The minimum atomic E-state index is -1.19. The van der Waals surface area contributed by atoms with Gasteiger partial charge >= 0.3 is 5.97 Å². The molecule has 2 amide bonds. The fourth-order valence-corrected chi connectivity index (χ4v) is 2.98. The minimum Gasteiger partial charge on any atom is -0.451 e. The number of carbonyl (C=O) groups excluding carboxylic acids is 3. The van der Waals surface area contributed by atoms with E-state index in [1.807, 2.05) is 18.2 Å². The second kappa shape index (κ2) is 11.2. The van der Waals surface area contributed by atoms with E-state index in [2.05, 4.69) is 10.6 Å². The van der Waals surface area contributed by atoms with Crippen molar-refractivity contribution in [2.45, 2.75) is 39.3 Å². The summed E-state index contributed by atoms with van der Waals surface area (Å²) < 4.78 is 5.24. The van der Waals surface area contributed by atoms with Crippen LogP contribution in [0, 0.1) is 16.0 Å². The maximum Gasteiger partial charge on any atom is 0.329 e. The van der Waals surface area contributed by atoms with E-state index < -0.39 is 28.9 Å². The summed E-state index contributed by atoms with van der Waals surface area (Å²) in [7, 11) is 0. The van der Waals surface area contributed by atoms with Gasteiger partial charge in [-0.05, 0) is 24.5 Å². The molecule has 2 atom stereocenters. The molecule has 2 N–H and O–H groups in total. The summed E-state index contributed by atoms with van der Waals surface area (Å²) in [6, 6.07) is 11.7. The molecule has 0 aliphatic rings. The first-order valence-electron chi connectivity index (χ1n) is 9.87. The topological polar surface area (TPSA) is 128 Å². The lowest BCUT2D eigenvalue weighted by Crippen LogP contribution is -2.47. The number of esters is 1. The van der Waals surface area contributed by atoms with Gasteiger partial charge in [0.1, 0.15) is 6.04 Å². The Morgan fingerprint density at radius 3 is 2.31 bits per heavy atom. The highest BCUT2D eigenvalue weighted by molar-refractivity contribution is 6.34. The Bertz CT molecular complexity index is 996. The number of nitro benzene ring substituents is 1. The van der Waals surface area contributed by atoms with E-state index in [1.165, 1.54) is 19.1 Å². The van der Waals surface area contributed by atoms with Gasteiger partial charge in [0.05, 0.1) is 22.1 Å². The van der Waals surface area contributed by atoms with Gasteiger partial charge in [0.25, 0.3) is 11.6 Å². The summed E-state index contributed by atoms with van der Waals surface area (Å²) in [6.45, 7) is 4.86. The molecule has 0 fully saturated rings. The van der Waals surface area contributed by atoms with Crippen molar-refractivity contribution in [3.05, 3.63) is 69.2 Å². The van der Waals surface area contributed by atoms with Gasteiger partial charge in [-0.3, -0.25) is 19.7 Å². The van der Waals surface area contributed by atoms with Gasteiger partial charge in [-0.1, -0.05) is 55.8 Å². The van der Waals surface area contributed by atoms with Crippen LogP contribution in [0.15, 0.2) is 48.5 Å². The van der Waals surface area contributed by atoms with E-state index in [1.54, 1.807) is 26.0 Å². The minimum absolute atomic E-state index is 0.0284. The Morgan fingerprint density at radius 1 is 1.09 bits per heavy atom. The Labute approximate surface area is 190 Å². The van der Waals surface area contributed by atoms with Gasteiger partial charge in [-0.25, -0.2) is 4.79 Å². The number of nitro groups is 1. The highest BCUT2D eigenvalue weighted by Crippen LogP contribution is 2.26. The predicted octanol–water partition coefficient (Wildman–Crippen LogP) is 3.50. The number of anilines is 1. The lowest BCUT2D eigenvalue weighted by Gasteiger charge is -2.23. The molecule has 0 aromatic heterocycles. The molecular weight excluding hydrogens is 438 g/mol. The number of ether oxygens (including phenoxy) is 1. The van der Waals surface area contributed by atoms with E-state index >= 15 is 0 Å². The Kier molecular flexibility index (Phi) is 8.71. The summed E-state index contributed by atoms with van der Waals surface area (Å²) >= 11 is 5.97. The highest BCUT2D eigenvalue weighted by atomic mass is 35.5. The zero-order valence-corrected chi connectivity index (χ0v) is 18.6. The normalized spacial score (nSPS) is 12.5. The summed E-state index contributed by atoms with van der Waals surface area (Å²) in [5, 5.41) is 15.9. The standard InChI is InChI=1S/C22H24ClN3O6/c1-13(2)20(25-19(27)11-15-7-5-4-6-8-15)22(29)32-14(3)21(28)24-18-10-9-16(26(30)31)12-17(18)23/h4-10,12-14,20H,11H2,1-3H3,(H,24,28)(H,25,27)/t14?,20-/m0/s1. The molecule has 0 radical (unpaired) electrons. The first-order valence-corrected chi connectivity index (χ1v) is 10.2. The van der Waals surface area contributed by atoms with Gasteiger partial charge in [0, 0.05) is 12.1 Å². The quantitative estimate of drug-likeness (QED) is 0.334. The molecule has 2 rings (SSSR count). The zero-order chi connectivity index (χ0) is 23.8. The molecule has 0 spiro atoms. The summed E-state index contributed by atoms with van der Waals surface area (Å²) in [4.78, 5) is 47.5. The molecule has 170 valence electrons. The van der Waals surface area contributed by atoms with Crippen LogP contribution in [0.5, 0.6) is 0 Å². The lowest BCUT2D eigenvalue weighted by molar-refractivity contribution is -0.384. The van der Waals surface area contributed by atoms with Crippen molar-refractivity contribution < 1.29 is 24.0 Å². The molecule has 32 heavy (non-hydrogen) atoms. The Hall–Kier alpha value is -3.46. The van der Waals surface area contributed by atoms with Gasteiger partial charge in [-0.15, -0.1) is 0 Å². The molecule has 1 unspecified atom stereocenters. The largest absolute Gasteiger partial charge is 0.451 e. The van der Waals surface area contributed by atoms with Crippen molar-refractivity contribution in [1.82, 2.24) is 5.32 Å². The van der Waals surface area contributed by atoms with Crippen molar-refractivity contribution in [2.75, 3.05) is 5.32 Å². The fourth-order valence-electron chi connectivity index (χ4n) is 2.76. The number of benzene rings is 2. The molecule has 0 saturated carbocycles. The molecule has 0 aliphatic heterocycles. The number of hydrogen-bond donors (Lipinski definition) is 2. The van der Waals surface area contributed by atoms with Gasteiger partial charge < -0.3 is 15.4 Å². The number of amides is 2. The van der Waals surface area contributed by atoms with E-state index in [9.17, 15) is 24.5 Å². The van der Waals surface area contributed by atoms with E-state index in [-0.39, 0.29) is 34.6 Å². The van der Waals surface area contributed by atoms with Gasteiger partial charge in [-0.2, -0.15) is 0 Å². The van der Waals surface area contributed by atoms with Crippen molar-refractivity contribution in [3.8, 4) is 0 Å². The van der Waals surface area contributed by atoms with Crippen LogP contribution in [0.1, 0.15) is 26.3 Å². The summed E-state index contributed by atoms with van der Waals surface area (Å²) in [5.74, 6) is -2.05. The maximum atomic E-state index is 12.6. The third-order valence-corrected chi connectivity index (χ3v) is 4.84. The number of hydrogen-bond acceptors (Lipinski definition) is 6. The average molecular weight is 462 g/mol. The number of rotatable bonds is 9. The van der Waals surface area contributed by atoms with Crippen LogP contribution in [-0.2, 0) is 25.5 Å². The van der Waals surface area contributed by atoms with Crippen LogP contribution in [0.2, 0.25) is 5.02 Å². The second-order valence-electron chi connectivity index (χ2n) is 7.44. The van der Waals surface area contributed by atoms with Gasteiger partial charge in [0.2, 0.25) is 5.91 Å². The summed E-state index contributed by atoms with van der Waals surface area (Å²) in [6.07, 6.45) is -1.09. The van der Waals surface area contributed by atoms with E-state index in [0.29, 0.717) is 0 Å². The smallest absolute Gasteiger partial charge is 0.329 e.